The highest BCUT2D eigenvalue weighted by atomic mass is 35.5. The maximum Gasteiger partial charge on any atom is 0.297 e. The van der Waals surface area contributed by atoms with Crippen LogP contribution in [0.4, 0.5) is 0 Å². The molecule has 0 amide bonds. The fourth-order valence-electron chi connectivity index (χ4n) is 3.53. The molecule has 34 heavy (non-hydrogen) atoms. The predicted molar refractivity (Wildman–Crippen MR) is 136 cm³/mol. The van der Waals surface area contributed by atoms with Gasteiger partial charge in [0.2, 0.25) is 5.78 Å². The van der Waals surface area contributed by atoms with Crippen LogP contribution < -0.4 is 4.74 Å². The first-order chi connectivity index (χ1) is 16.3. The molecule has 172 valence electrons. The van der Waals surface area contributed by atoms with Gasteiger partial charge in [-0.1, -0.05) is 47.0 Å². The van der Waals surface area contributed by atoms with E-state index in [1.807, 2.05) is 26.0 Å². The van der Waals surface area contributed by atoms with Crippen molar-refractivity contribution >= 4 is 63.0 Å². The molecule has 1 aromatic heterocycles. The van der Waals surface area contributed by atoms with E-state index in [1.54, 1.807) is 30.3 Å². The highest BCUT2D eigenvalue weighted by molar-refractivity contribution is 7.21. The van der Waals surface area contributed by atoms with Gasteiger partial charge in [-0.15, -0.1) is 11.3 Å². The van der Waals surface area contributed by atoms with Gasteiger partial charge in [0.25, 0.3) is 6.47 Å². The SMILES string of the molecule is Cc1ccc(C(=O)c2sc3cc(O)ccc3c2Oc2c(Cl)cc(/C=C/OC=O)cc2Cl)c(C)c1. The zero-order valence-electron chi connectivity index (χ0n) is 18.1. The fourth-order valence-corrected chi connectivity index (χ4v) is 5.23. The fraction of sp³-hybridized carbons (Fsp3) is 0.0769. The number of aryl methyl sites for hydroxylation is 2. The van der Waals surface area contributed by atoms with Crippen molar-refractivity contribution < 1.29 is 24.2 Å². The Morgan fingerprint density at radius 1 is 1.00 bits per heavy atom. The number of phenols is 1. The molecule has 0 bridgehead atoms. The van der Waals surface area contributed by atoms with Crippen LogP contribution >= 0.6 is 34.5 Å². The molecule has 0 spiro atoms. The van der Waals surface area contributed by atoms with E-state index in [0.717, 1.165) is 11.1 Å². The minimum absolute atomic E-state index is 0.0792. The molecule has 0 saturated heterocycles. The van der Waals surface area contributed by atoms with E-state index in [9.17, 15) is 14.7 Å². The lowest BCUT2D eigenvalue weighted by atomic mass is 10.0. The zero-order valence-corrected chi connectivity index (χ0v) is 20.4. The van der Waals surface area contributed by atoms with Crippen LogP contribution in [0, 0.1) is 13.8 Å². The van der Waals surface area contributed by atoms with Crippen molar-refractivity contribution in [1.29, 1.82) is 0 Å². The molecule has 3 aromatic carbocycles. The number of ether oxygens (including phenoxy) is 2. The van der Waals surface area contributed by atoms with Gasteiger partial charge in [-0.2, -0.15) is 0 Å². The first kappa shape index (κ1) is 23.8. The number of rotatable bonds is 7. The smallest absolute Gasteiger partial charge is 0.297 e. The number of fused-ring (bicyclic) bond motifs is 1. The van der Waals surface area contributed by atoms with Crippen molar-refractivity contribution in [1.82, 2.24) is 0 Å². The molecule has 0 saturated carbocycles. The van der Waals surface area contributed by atoms with Crippen molar-refractivity contribution in [3.05, 3.63) is 92.0 Å². The van der Waals surface area contributed by atoms with Crippen LogP contribution in [0.15, 0.2) is 54.8 Å². The average Bonchev–Trinajstić information content (AvgIpc) is 3.13. The quantitative estimate of drug-likeness (QED) is 0.156. The van der Waals surface area contributed by atoms with E-state index in [2.05, 4.69) is 4.74 Å². The summed E-state index contributed by atoms with van der Waals surface area (Å²) in [5.41, 5.74) is 3.05. The van der Waals surface area contributed by atoms with Gasteiger partial charge in [0.05, 0.1) is 16.3 Å². The Balaban J connectivity index is 1.82. The maximum absolute atomic E-state index is 13.6. The van der Waals surface area contributed by atoms with Gasteiger partial charge in [0, 0.05) is 15.6 Å². The number of phenolic OH excluding ortho intramolecular Hbond substituents is 1. The monoisotopic (exact) mass is 512 g/mol. The number of ketones is 1. The first-order valence-corrected chi connectivity index (χ1v) is 11.7. The Hall–Kier alpha value is -3.32. The predicted octanol–water partition coefficient (Wildman–Crippen LogP) is 7.70. The van der Waals surface area contributed by atoms with E-state index in [4.69, 9.17) is 27.9 Å². The van der Waals surface area contributed by atoms with Crippen molar-refractivity contribution in [3.63, 3.8) is 0 Å². The van der Waals surface area contributed by atoms with Crippen LogP contribution in [-0.2, 0) is 9.53 Å². The molecule has 5 nitrogen and oxygen atoms in total. The van der Waals surface area contributed by atoms with Crippen molar-refractivity contribution in [2.75, 3.05) is 0 Å². The highest BCUT2D eigenvalue weighted by Gasteiger charge is 2.25. The van der Waals surface area contributed by atoms with Gasteiger partial charge in [0.15, 0.2) is 11.5 Å². The molecule has 0 aliphatic heterocycles. The second-order valence-electron chi connectivity index (χ2n) is 7.54. The largest absolute Gasteiger partial charge is 0.508 e. The Morgan fingerprint density at radius 2 is 1.74 bits per heavy atom. The molecule has 0 aliphatic rings. The summed E-state index contributed by atoms with van der Waals surface area (Å²) in [5, 5.41) is 11.0. The lowest BCUT2D eigenvalue weighted by Crippen LogP contribution is -2.03. The van der Waals surface area contributed by atoms with Gasteiger partial charge in [-0.3, -0.25) is 9.59 Å². The van der Waals surface area contributed by atoms with E-state index >= 15 is 0 Å². The number of benzene rings is 3. The molecule has 0 atom stereocenters. The average molecular weight is 513 g/mol. The molecule has 0 unspecified atom stereocenters. The number of carbonyl (C=O) groups is 2. The maximum atomic E-state index is 13.6. The minimum atomic E-state index is -0.203. The number of halogens is 2. The Kier molecular flexibility index (Phi) is 6.93. The van der Waals surface area contributed by atoms with Gasteiger partial charge >= 0.3 is 0 Å². The van der Waals surface area contributed by atoms with Crippen molar-refractivity contribution in [2.45, 2.75) is 13.8 Å². The summed E-state index contributed by atoms with van der Waals surface area (Å²) >= 11 is 14.1. The van der Waals surface area contributed by atoms with Crippen molar-refractivity contribution in [2.24, 2.45) is 0 Å². The first-order valence-electron chi connectivity index (χ1n) is 10.1. The van der Waals surface area contributed by atoms with Crippen LogP contribution in [0.3, 0.4) is 0 Å². The summed E-state index contributed by atoms with van der Waals surface area (Å²) in [6.07, 6.45) is 2.73. The molecular weight excluding hydrogens is 495 g/mol. The lowest BCUT2D eigenvalue weighted by molar-refractivity contribution is -0.123. The number of hydrogen-bond acceptors (Lipinski definition) is 6. The molecule has 0 aliphatic carbocycles. The molecule has 1 N–H and O–H groups in total. The van der Waals surface area contributed by atoms with E-state index in [-0.39, 0.29) is 27.3 Å². The van der Waals surface area contributed by atoms with Crippen LogP contribution in [0.1, 0.15) is 31.9 Å². The number of aromatic hydroxyl groups is 1. The molecular formula is C26H18Cl2O5S. The summed E-state index contributed by atoms with van der Waals surface area (Å²) in [6, 6.07) is 13.6. The molecule has 4 rings (SSSR count). The zero-order chi connectivity index (χ0) is 24.4. The third kappa shape index (κ3) is 4.80. The molecule has 0 fully saturated rings. The van der Waals surface area contributed by atoms with Gasteiger partial charge < -0.3 is 14.6 Å². The van der Waals surface area contributed by atoms with Gasteiger partial charge in [-0.05, 0) is 61.4 Å². The summed E-state index contributed by atoms with van der Waals surface area (Å²) < 4.78 is 11.4. The summed E-state index contributed by atoms with van der Waals surface area (Å²) in [7, 11) is 0. The third-order valence-corrected chi connectivity index (χ3v) is 6.77. The number of carbonyl (C=O) groups excluding carboxylic acids is 2. The molecule has 8 heteroatoms. The van der Waals surface area contributed by atoms with Gasteiger partial charge in [-0.25, -0.2) is 0 Å². The lowest BCUT2D eigenvalue weighted by Gasteiger charge is -2.12. The van der Waals surface area contributed by atoms with Crippen LogP contribution in [0.5, 0.6) is 17.2 Å². The molecule has 1 heterocycles. The second-order valence-corrected chi connectivity index (χ2v) is 9.41. The van der Waals surface area contributed by atoms with E-state index < -0.39 is 0 Å². The highest BCUT2D eigenvalue weighted by Crippen LogP contribution is 2.46. The molecule has 0 radical (unpaired) electrons. The van der Waals surface area contributed by atoms with Crippen LogP contribution in [-0.4, -0.2) is 17.4 Å². The minimum Gasteiger partial charge on any atom is -0.508 e. The van der Waals surface area contributed by atoms with Gasteiger partial charge in [0.1, 0.15) is 10.6 Å². The summed E-state index contributed by atoms with van der Waals surface area (Å²) in [6.45, 7) is 4.14. The van der Waals surface area contributed by atoms with E-state index in [1.165, 1.54) is 29.7 Å². The Morgan fingerprint density at radius 3 is 2.41 bits per heavy atom. The molecule has 4 aromatic rings. The number of hydrogen-bond donors (Lipinski definition) is 1. The van der Waals surface area contributed by atoms with E-state index in [0.29, 0.717) is 38.3 Å². The normalized spacial score (nSPS) is 11.2. The van der Waals surface area contributed by atoms with Crippen molar-refractivity contribution in [3.8, 4) is 17.2 Å². The topological polar surface area (TPSA) is 72.8 Å². The van der Waals surface area contributed by atoms with Crippen LogP contribution in [0.2, 0.25) is 10.0 Å². The van der Waals surface area contributed by atoms with Crippen LogP contribution in [0.25, 0.3) is 16.2 Å². The standard InChI is InChI=1S/C26H18Cl2O5S/c1-14-3-5-18(15(2)9-14)23(31)26-24(19-6-4-17(30)12-22(19)34-26)33-25-20(27)10-16(11-21(25)28)7-8-32-13-29/h3-13,30H,1-2H3/b8-7+. The summed E-state index contributed by atoms with van der Waals surface area (Å²) in [5.74, 6) is 0.363. The Labute approximate surface area is 209 Å². The summed E-state index contributed by atoms with van der Waals surface area (Å²) in [4.78, 5) is 24.3. The third-order valence-electron chi connectivity index (χ3n) is 5.08. The second kappa shape index (κ2) is 9.89. The number of thiophene rings is 1. The Bertz CT molecular complexity index is 1430.